The number of hydrogen-bond donors (Lipinski definition) is 0. The van der Waals surface area contributed by atoms with E-state index in [1.54, 1.807) is 0 Å². The molecular weight excluding hydrogens is 304 g/mol. The molecular formula is C16H24O7. The molecule has 2 atom stereocenters. The van der Waals surface area contributed by atoms with E-state index < -0.39 is 24.4 Å². The van der Waals surface area contributed by atoms with Gasteiger partial charge in [-0.15, -0.1) is 0 Å². The number of rotatable bonds is 4. The molecule has 130 valence electrons. The highest BCUT2D eigenvalue weighted by atomic mass is 16.8. The second-order valence-electron chi connectivity index (χ2n) is 6.30. The van der Waals surface area contributed by atoms with E-state index in [4.69, 9.17) is 14.2 Å². The minimum atomic E-state index is -1.11. The Balaban J connectivity index is 2.80. The van der Waals surface area contributed by atoms with Crippen molar-refractivity contribution in [3.05, 3.63) is 12.7 Å². The number of carbonyl (C=O) groups excluding carboxylic acids is 3. The van der Waals surface area contributed by atoms with Crippen LogP contribution in [0.3, 0.4) is 0 Å². The third-order valence-electron chi connectivity index (χ3n) is 3.77. The van der Waals surface area contributed by atoms with E-state index in [-0.39, 0.29) is 24.5 Å². The van der Waals surface area contributed by atoms with E-state index in [2.05, 4.69) is 11.3 Å². The lowest BCUT2D eigenvalue weighted by Gasteiger charge is -2.35. The average Bonchev–Trinajstić information content (AvgIpc) is 2.45. The van der Waals surface area contributed by atoms with Crippen LogP contribution < -0.4 is 0 Å². The Labute approximate surface area is 135 Å². The Hall–Kier alpha value is -2.05. The lowest BCUT2D eigenvalue weighted by atomic mass is 9.76. The maximum absolute atomic E-state index is 11.7. The summed E-state index contributed by atoms with van der Waals surface area (Å²) in [5.41, 5.74) is -0.383. The molecule has 1 aliphatic rings. The smallest absolute Gasteiger partial charge is 0.462 e. The Morgan fingerprint density at radius 3 is 2.74 bits per heavy atom. The first-order valence-corrected chi connectivity index (χ1v) is 7.59. The third-order valence-corrected chi connectivity index (χ3v) is 3.77. The highest BCUT2D eigenvalue weighted by Crippen LogP contribution is 2.35. The topological polar surface area (TPSA) is 88.1 Å². The van der Waals surface area contributed by atoms with E-state index in [0.29, 0.717) is 12.8 Å². The van der Waals surface area contributed by atoms with Gasteiger partial charge in [-0.05, 0) is 18.8 Å². The molecule has 7 heteroatoms. The van der Waals surface area contributed by atoms with Gasteiger partial charge in [-0.1, -0.05) is 27.4 Å². The first kappa shape index (κ1) is 19.0. The summed E-state index contributed by atoms with van der Waals surface area (Å²) in [4.78, 5) is 34.1. The summed E-state index contributed by atoms with van der Waals surface area (Å²) < 4.78 is 19.4. The van der Waals surface area contributed by atoms with Crippen molar-refractivity contribution in [2.45, 2.75) is 46.1 Å². The van der Waals surface area contributed by atoms with Gasteiger partial charge in [-0.2, -0.15) is 0 Å². The first-order chi connectivity index (χ1) is 10.7. The maximum atomic E-state index is 11.7. The predicted octanol–water partition coefficient (Wildman–Crippen LogP) is 3.22. The van der Waals surface area contributed by atoms with Crippen molar-refractivity contribution in [2.75, 3.05) is 13.2 Å². The van der Waals surface area contributed by atoms with Gasteiger partial charge >= 0.3 is 18.3 Å². The predicted molar refractivity (Wildman–Crippen MR) is 80.7 cm³/mol. The van der Waals surface area contributed by atoms with Crippen molar-refractivity contribution in [1.29, 1.82) is 0 Å². The van der Waals surface area contributed by atoms with E-state index in [1.807, 2.05) is 20.8 Å². The number of hydrogen-bond acceptors (Lipinski definition) is 7. The van der Waals surface area contributed by atoms with E-state index in [1.165, 1.54) is 0 Å². The molecule has 0 aromatic heterocycles. The molecule has 1 aliphatic heterocycles. The molecule has 0 aliphatic carbocycles. The Bertz CT molecular complexity index is 455. The van der Waals surface area contributed by atoms with Gasteiger partial charge in [0.15, 0.2) is 0 Å². The van der Waals surface area contributed by atoms with E-state index in [0.717, 1.165) is 12.5 Å². The van der Waals surface area contributed by atoms with E-state index in [9.17, 15) is 14.4 Å². The monoisotopic (exact) mass is 328 g/mol. The van der Waals surface area contributed by atoms with Gasteiger partial charge in [0, 0.05) is 17.9 Å². The molecule has 1 heterocycles. The van der Waals surface area contributed by atoms with Crippen molar-refractivity contribution >= 4 is 18.3 Å². The van der Waals surface area contributed by atoms with Crippen LogP contribution in [-0.2, 0) is 23.7 Å². The highest BCUT2D eigenvalue weighted by Gasteiger charge is 2.36. The SMILES string of the molecule is C=CC(=O)OCCC1OC(=O)OC(=O)OCCC(C)CC1(C)C. The molecule has 0 saturated carbocycles. The Morgan fingerprint density at radius 2 is 2.09 bits per heavy atom. The van der Waals surface area contributed by atoms with Crippen molar-refractivity contribution in [1.82, 2.24) is 0 Å². The van der Waals surface area contributed by atoms with Crippen LogP contribution >= 0.6 is 0 Å². The Kier molecular flexibility index (Phi) is 7.06. The molecule has 0 bridgehead atoms. The number of carbonyl (C=O) groups is 3. The molecule has 2 unspecified atom stereocenters. The molecule has 7 nitrogen and oxygen atoms in total. The largest absolute Gasteiger partial charge is 0.518 e. The van der Waals surface area contributed by atoms with Crippen LogP contribution in [0.1, 0.15) is 40.0 Å². The summed E-state index contributed by atoms with van der Waals surface area (Å²) in [7, 11) is 0. The lowest BCUT2D eigenvalue weighted by Crippen LogP contribution is -2.36. The van der Waals surface area contributed by atoms with Crippen LogP contribution in [0.2, 0.25) is 0 Å². The first-order valence-electron chi connectivity index (χ1n) is 7.59. The molecule has 1 fully saturated rings. The fraction of sp³-hybridized carbons (Fsp3) is 0.688. The molecule has 0 aromatic carbocycles. The summed E-state index contributed by atoms with van der Waals surface area (Å²) in [6, 6.07) is 0. The highest BCUT2D eigenvalue weighted by molar-refractivity contribution is 5.81. The standard InChI is InChI=1S/C16H24O7/c1-5-13(17)20-9-7-12-16(3,4)10-11(2)6-8-21-14(18)23-15(19)22-12/h5,11-12H,1,6-10H2,2-4H3. The quantitative estimate of drug-likeness (QED) is 0.339. The van der Waals surface area contributed by atoms with Crippen molar-refractivity contribution < 1.29 is 33.3 Å². The molecule has 0 aromatic rings. The summed E-state index contributed by atoms with van der Waals surface area (Å²) in [5.74, 6) is -0.285. The molecule has 23 heavy (non-hydrogen) atoms. The van der Waals surface area contributed by atoms with Crippen LogP contribution in [0.5, 0.6) is 0 Å². The zero-order valence-electron chi connectivity index (χ0n) is 13.8. The molecule has 0 N–H and O–H groups in total. The minimum Gasteiger partial charge on any atom is -0.462 e. The van der Waals surface area contributed by atoms with Crippen LogP contribution in [0.15, 0.2) is 12.7 Å². The Morgan fingerprint density at radius 1 is 1.39 bits per heavy atom. The minimum absolute atomic E-state index is 0.0745. The zero-order valence-corrected chi connectivity index (χ0v) is 13.8. The summed E-state index contributed by atoms with van der Waals surface area (Å²) in [6.07, 6.45) is 0.0135. The van der Waals surface area contributed by atoms with Gasteiger partial charge in [0.2, 0.25) is 0 Å². The van der Waals surface area contributed by atoms with E-state index >= 15 is 0 Å². The normalized spacial score (nSPS) is 25.2. The number of cyclic esters (lactones) is 4. The van der Waals surface area contributed by atoms with Crippen LogP contribution in [0, 0.1) is 11.3 Å². The van der Waals surface area contributed by atoms with Gasteiger partial charge in [-0.25, -0.2) is 14.4 Å². The maximum Gasteiger partial charge on any atom is 0.518 e. The van der Waals surface area contributed by atoms with Gasteiger partial charge in [-0.3, -0.25) is 0 Å². The van der Waals surface area contributed by atoms with Crippen LogP contribution in [-0.4, -0.2) is 37.6 Å². The summed E-state index contributed by atoms with van der Waals surface area (Å²) in [5, 5.41) is 0. The molecule has 0 radical (unpaired) electrons. The average molecular weight is 328 g/mol. The summed E-state index contributed by atoms with van der Waals surface area (Å²) in [6.45, 7) is 9.52. The number of esters is 1. The summed E-state index contributed by atoms with van der Waals surface area (Å²) >= 11 is 0. The number of ether oxygens (including phenoxy) is 4. The van der Waals surface area contributed by atoms with Crippen molar-refractivity contribution in [3.8, 4) is 0 Å². The van der Waals surface area contributed by atoms with Gasteiger partial charge < -0.3 is 18.9 Å². The molecule has 1 rings (SSSR count). The van der Waals surface area contributed by atoms with Crippen molar-refractivity contribution in [2.24, 2.45) is 11.3 Å². The third kappa shape index (κ3) is 6.71. The van der Waals surface area contributed by atoms with Gasteiger partial charge in [0.1, 0.15) is 6.10 Å². The van der Waals surface area contributed by atoms with Gasteiger partial charge in [0.25, 0.3) is 0 Å². The second-order valence-corrected chi connectivity index (χ2v) is 6.30. The lowest BCUT2D eigenvalue weighted by molar-refractivity contribution is -0.139. The molecule has 0 amide bonds. The van der Waals surface area contributed by atoms with Crippen LogP contribution in [0.4, 0.5) is 9.59 Å². The molecule has 1 saturated heterocycles. The second kappa shape index (κ2) is 8.55. The van der Waals surface area contributed by atoms with Crippen LogP contribution in [0.25, 0.3) is 0 Å². The zero-order chi connectivity index (χ0) is 17.5. The molecule has 0 spiro atoms. The van der Waals surface area contributed by atoms with Gasteiger partial charge in [0.05, 0.1) is 13.2 Å². The fourth-order valence-electron chi connectivity index (χ4n) is 2.65. The van der Waals surface area contributed by atoms with Crippen molar-refractivity contribution in [3.63, 3.8) is 0 Å². The fourth-order valence-corrected chi connectivity index (χ4v) is 2.65.